The van der Waals surface area contributed by atoms with Crippen molar-refractivity contribution in [2.75, 3.05) is 16.0 Å². The van der Waals surface area contributed by atoms with E-state index in [2.05, 4.69) is 25.9 Å². The van der Waals surface area contributed by atoms with Gasteiger partial charge in [-0.1, -0.05) is 17.4 Å². The number of nitrogens with one attached hydrogen (secondary N) is 3. The van der Waals surface area contributed by atoms with Gasteiger partial charge in [0.05, 0.1) is 22.3 Å². The third kappa shape index (κ3) is 4.97. The molecule has 0 saturated heterocycles. The van der Waals surface area contributed by atoms with Crippen molar-refractivity contribution in [2.45, 2.75) is 13.3 Å². The monoisotopic (exact) mass is 441 g/mol. The van der Waals surface area contributed by atoms with Gasteiger partial charge in [-0.05, 0) is 48.9 Å². The van der Waals surface area contributed by atoms with Crippen molar-refractivity contribution >= 4 is 60.8 Å². The van der Waals surface area contributed by atoms with Crippen LogP contribution in [0.25, 0.3) is 10.2 Å². The summed E-state index contributed by atoms with van der Waals surface area (Å²) in [7, 11) is 0. The van der Waals surface area contributed by atoms with Crippen molar-refractivity contribution in [1.29, 1.82) is 0 Å². The van der Waals surface area contributed by atoms with Gasteiger partial charge >= 0.3 is 6.03 Å². The molecule has 0 aliphatic heterocycles. The van der Waals surface area contributed by atoms with Crippen LogP contribution < -0.4 is 16.0 Å². The van der Waals surface area contributed by atoms with Crippen molar-refractivity contribution in [2.24, 2.45) is 0 Å². The summed E-state index contributed by atoms with van der Waals surface area (Å²) < 4.78 is 13.9. The minimum absolute atomic E-state index is 0.0622. The number of rotatable bonds is 5. The van der Waals surface area contributed by atoms with E-state index in [0.717, 1.165) is 15.8 Å². The van der Waals surface area contributed by atoms with Crippen molar-refractivity contribution in [3.8, 4) is 0 Å². The van der Waals surface area contributed by atoms with Gasteiger partial charge in [0, 0.05) is 11.1 Å². The van der Waals surface area contributed by atoms with Crippen molar-refractivity contribution in [1.82, 2.24) is 9.97 Å². The SMILES string of the molecule is Cc1ccc2nc(NC(=O)Cc3csc(NC(=O)Nc4ccc(F)cc4)n3)sc2c1. The number of aromatic nitrogens is 2. The van der Waals surface area contributed by atoms with Crippen LogP contribution in [-0.4, -0.2) is 21.9 Å². The molecule has 2 aromatic carbocycles. The van der Waals surface area contributed by atoms with Crippen LogP contribution in [0.3, 0.4) is 0 Å². The summed E-state index contributed by atoms with van der Waals surface area (Å²) in [5.41, 5.74) is 2.96. The number of amides is 3. The third-order valence-corrected chi connectivity index (χ3v) is 5.75. The first-order chi connectivity index (χ1) is 14.4. The lowest BCUT2D eigenvalue weighted by Gasteiger charge is -2.05. The number of benzene rings is 2. The van der Waals surface area contributed by atoms with Crippen LogP contribution in [0.1, 0.15) is 11.3 Å². The summed E-state index contributed by atoms with van der Waals surface area (Å²) in [6.07, 6.45) is 0.0622. The summed E-state index contributed by atoms with van der Waals surface area (Å²) in [5.74, 6) is -0.622. The molecule has 10 heteroatoms. The highest BCUT2D eigenvalue weighted by molar-refractivity contribution is 7.22. The summed E-state index contributed by atoms with van der Waals surface area (Å²) in [6, 6.07) is 10.8. The van der Waals surface area contributed by atoms with Crippen molar-refractivity contribution in [3.05, 3.63) is 64.9 Å². The smallest absolute Gasteiger partial charge is 0.308 e. The largest absolute Gasteiger partial charge is 0.325 e. The normalized spacial score (nSPS) is 10.7. The number of aryl methyl sites for hydroxylation is 1. The molecular weight excluding hydrogens is 425 g/mol. The zero-order valence-corrected chi connectivity index (χ0v) is 17.4. The van der Waals surface area contributed by atoms with Gasteiger partial charge in [-0.3, -0.25) is 10.1 Å². The number of hydrogen-bond donors (Lipinski definition) is 3. The number of carbonyl (C=O) groups is 2. The maximum Gasteiger partial charge on any atom is 0.325 e. The van der Waals surface area contributed by atoms with E-state index in [0.29, 0.717) is 21.6 Å². The van der Waals surface area contributed by atoms with E-state index in [1.54, 1.807) is 5.38 Å². The lowest BCUT2D eigenvalue weighted by atomic mass is 10.2. The third-order valence-electron chi connectivity index (χ3n) is 4.01. The number of halogens is 1. The van der Waals surface area contributed by atoms with Crippen LogP contribution in [0.15, 0.2) is 47.8 Å². The second kappa shape index (κ2) is 8.56. The zero-order valence-electron chi connectivity index (χ0n) is 15.7. The lowest BCUT2D eigenvalue weighted by molar-refractivity contribution is -0.115. The molecule has 0 spiro atoms. The van der Waals surface area contributed by atoms with Crippen LogP contribution in [0.5, 0.6) is 0 Å². The Hall–Kier alpha value is -3.37. The number of carbonyl (C=O) groups excluding carboxylic acids is 2. The van der Waals surface area contributed by atoms with Crippen LogP contribution in [0, 0.1) is 12.7 Å². The molecule has 3 amide bonds. The van der Waals surface area contributed by atoms with Gasteiger partial charge in [-0.15, -0.1) is 11.3 Å². The van der Waals surface area contributed by atoms with E-state index in [9.17, 15) is 14.0 Å². The second-order valence-corrected chi connectivity index (χ2v) is 8.33. The van der Waals surface area contributed by atoms with E-state index >= 15 is 0 Å². The maximum absolute atomic E-state index is 12.9. The fraction of sp³-hybridized carbons (Fsp3) is 0.100. The predicted molar refractivity (Wildman–Crippen MR) is 118 cm³/mol. The molecule has 3 N–H and O–H groups in total. The fourth-order valence-corrected chi connectivity index (χ4v) is 4.34. The average Bonchev–Trinajstić information content (AvgIpc) is 3.29. The first kappa shape index (κ1) is 19.9. The lowest BCUT2D eigenvalue weighted by Crippen LogP contribution is -2.19. The maximum atomic E-state index is 12.9. The van der Waals surface area contributed by atoms with Crippen LogP contribution in [-0.2, 0) is 11.2 Å². The zero-order chi connectivity index (χ0) is 21.1. The van der Waals surface area contributed by atoms with Gasteiger partial charge in [0.25, 0.3) is 0 Å². The number of anilines is 3. The Morgan fingerprint density at radius 1 is 1.00 bits per heavy atom. The van der Waals surface area contributed by atoms with Gasteiger partial charge in [0.2, 0.25) is 5.91 Å². The Morgan fingerprint density at radius 2 is 1.80 bits per heavy atom. The molecule has 0 atom stereocenters. The molecule has 0 saturated carbocycles. The first-order valence-electron chi connectivity index (χ1n) is 8.89. The minimum Gasteiger partial charge on any atom is -0.308 e. The molecule has 0 fully saturated rings. The molecule has 0 bridgehead atoms. The molecule has 0 aliphatic rings. The first-order valence-corrected chi connectivity index (χ1v) is 10.6. The Bertz CT molecular complexity index is 1220. The molecular formula is C20H16FN5O2S2. The van der Waals surface area contributed by atoms with Gasteiger partial charge in [0.15, 0.2) is 10.3 Å². The number of hydrogen-bond acceptors (Lipinski definition) is 6. The van der Waals surface area contributed by atoms with Crippen molar-refractivity contribution < 1.29 is 14.0 Å². The molecule has 2 aromatic heterocycles. The summed E-state index contributed by atoms with van der Waals surface area (Å²) in [4.78, 5) is 33.0. The quantitative estimate of drug-likeness (QED) is 0.405. The fourth-order valence-electron chi connectivity index (χ4n) is 2.65. The molecule has 4 rings (SSSR count). The van der Waals surface area contributed by atoms with Gasteiger partial charge < -0.3 is 10.6 Å². The van der Waals surface area contributed by atoms with Crippen LogP contribution >= 0.6 is 22.7 Å². The van der Waals surface area contributed by atoms with Crippen molar-refractivity contribution in [3.63, 3.8) is 0 Å². The number of urea groups is 1. The number of thiazole rings is 2. The highest BCUT2D eigenvalue weighted by Gasteiger charge is 2.12. The van der Waals surface area contributed by atoms with Gasteiger partial charge in [-0.25, -0.2) is 19.2 Å². The van der Waals surface area contributed by atoms with E-state index in [1.807, 2.05) is 25.1 Å². The molecule has 30 heavy (non-hydrogen) atoms. The Balaban J connectivity index is 1.32. The topological polar surface area (TPSA) is 96.0 Å². The Labute approximate surface area is 179 Å². The van der Waals surface area contributed by atoms with E-state index in [-0.39, 0.29) is 18.1 Å². The van der Waals surface area contributed by atoms with Crippen LogP contribution in [0.4, 0.5) is 25.1 Å². The Morgan fingerprint density at radius 3 is 2.60 bits per heavy atom. The standard InChI is InChI=1S/C20H16FN5O2S2/c1-11-2-7-15-16(8-11)30-20(24-15)25-17(27)9-14-10-29-19(23-14)26-18(28)22-13-5-3-12(21)4-6-13/h2-8,10H,9H2,1H3,(H,24,25,27)(H2,22,23,26,28). The van der Waals surface area contributed by atoms with Crippen LogP contribution in [0.2, 0.25) is 0 Å². The molecule has 0 unspecified atom stereocenters. The molecule has 0 radical (unpaired) electrons. The predicted octanol–water partition coefficient (Wildman–Crippen LogP) is 5.03. The van der Waals surface area contributed by atoms with E-state index in [4.69, 9.17) is 0 Å². The van der Waals surface area contributed by atoms with Gasteiger partial charge in [0.1, 0.15) is 5.82 Å². The van der Waals surface area contributed by atoms with E-state index in [1.165, 1.54) is 46.9 Å². The van der Waals surface area contributed by atoms with Gasteiger partial charge in [-0.2, -0.15) is 0 Å². The minimum atomic E-state index is -0.503. The molecule has 7 nitrogen and oxygen atoms in total. The molecule has 152 valence electrons. The summed E-state index contributed by atoms with van der Waals surface area (Å²) >= 11 is 2.62. The average molecular weight is 442 g/mol. The number of fused-ring (bicyclic) bond motifs is 1. The Kier molecular flexibility index (Phi) is 5.68. The van der Waals surface area contributed by atoms with E-state index < -0.39 is 6.03 Å². The highest BCUT2D eigenvalue weighted by atomic mass is 32.1. The summed E-state index contributed by atoms with van der Waals surface area (Å²) in [5, 5.41) is 10.6. The molecule has 0 aliphatic carbocycles. The highest BCUT2D eigenvalue weighted by Crippen LogP contribution is 2.27. The number of nitrogens with zero attached hydrogens (tertiary/aromatic N) is 2. The summed E-state index contributed by atoms with van der Waals surface area (Å²) in [6.45, 7) is 2.01. The molecule has 4 aromatic rings. The second-order valence-electron chi connectivity index (χ2n) is 6.45. The molecule has 2 heterocycles.